The molecule has 1 aliphatic carbocycles. The third-order valence-electron chi connectivity index (χ3n) is 8.02. The summed E-state index contributed by atoms with van der Waals surface area (Å²) in [6.07, 6.45) is 8.98. The van der Waals surface area contributed by atoms with Crippen LogP contribution in [0.4, 0.5) is 10.5 Å². The van der Waals surface area contributed by atoms with Crippen molar-refractivity contribution in [1.82, 2.24) is 19.7 Å². The minimum absolute atomic E-state index is 0.0706. The van der Waals surface area contributed by atoms with Gasteiger partial charge < -0.3 is 19.7 Å². The van der Waals surface area contributed by atoms with Crippen LogP contribution in [0.25, 0.3) is 22.0 Å². The van der Waals surface area contributed by atoms with E-state index in [-0.39, 0.29) is 23.5 Å². The van der Waals surface area contributed by atoms with Crippen LogP contribution in [0.1, 0.15) is 59.4 Å². The topological polar surface area (TPSA) is 98.6 Å². The second kappa shape index (κ2) is 10.8. The van der Waals surface area contributed by atoms with E-state index in [4.69, 9.17) is 9.47 Å². The SMILES string of the molecule is CC(C)(C)OC(=O)N1CCC(n2cc(-c3ccc4c(Oc5ccc(NC(=O)C6(C)CC6)cc5)ccnc4c3)cn2)CC1. The standard InChI is InChI=1S/C33H37N5O4/c1-32(2,3)42-31(40)37-17-12-25(13-18-37)38-21-23(20-35-38)22-5-10-27-28(19-22)34-16-11-29(27)41-26-8-6-24(7-9-26)36-30(39)33(4)14-15-33/h5-11,16,19-21,25H,12-15,17-18H2,1-4H3,(H,36,39). The Morgan fingerprint density at radius 1 is 1.00 bits per heavy atom. The van der Waals surface area contributed by atoms with E-state index in [0.717, 1.165) is 53.4 Å². The number of benzene rings is 2. The van der Waals surface area contributed by atoms with Crippen LogP contribution in [0.2, 0.25) is 0 Å². The monoisotopic (exact) mass is 567 g/mol. The molecule has 3 heterocycles. The lowest BCUT2D eigenvalue weighted by atomic mass is 10.0. The summed E-state index contributed by atoms with van der Waals surface area (Å²) in [6.45, 7) is 8.94. The fourth-order valence-electron chi connectivity index (χ4n) is 5.15. The number of ether oxygens (including phenoxy) is 2. The fourth-order valence-corrected chi connectivity index (χ4v) is 5.15. The van der Waals surface area contributed by atoms with Gasteiger partial charge in [0.1, 0.15) is 17.1 Å². The Kier molecular flexibility index (Phi) is 7.12. The van der Waals surface area contributed by atoms with Crippen molar-refractivity contribution in [2.24, 2.45) is 5.41 Å². The fraction of sp³-hybridized carbons (Fsp3) is 0.394. The number of likely N-dealkylation sites (tertiary alicyclic amines) is 1. The molecule has 42 heavy (non-hydrogen) atoms. The van der Waals surface area contributed by atoms with Gasteiger partial charge in [0, 0.05) is 47.5 Å². The maximum Gasteiger partial charge on any atom is 0.410 e. The first kappa shape index (κ1) is 27.8. The second-order valence-corrected chi connectivity index (χ2v) is 12.6. The van der Waals surface area contributed by atoms with Crippen LogP contribution in [-0.2, 0) is 9.53 Å². The summed E-state index contributed by atoms with van der Waals surface area (Å²) in [4.78, 5) is 31.1. The number of fused-ring (bicyclic) bond motifs is 1. The van der Waals surface area contributed by atoms with Crippen LogP contribution in [0.5, 0.6) is 11.5 Å². The first-order valence-electron chi connectivity index (χ1n) is 14.6. The number of amides is 2. The molecule has 0 radical (unpaired) electrons. The molecule has 9 nitrogen and oxygen atoms in total. The Balaban J connectivity index is 1.11. The summed E-state index contributed by atoms with van der Waals surface area (Å²) in [5.74, 6) is 1.46. The number of rotatable bonds is 6. The van der Waals surface area contributed by atoms with E-state index < -0.39 is 5.60 Å². The number of carbonyl (C=O) groups is 2. The van der Waals surface area contributed by atoms with Gasteiger partial charge in [0.05, 0.1) is 17.8 Å². The maximum absolute atomic E-state index is 12.4. The molecule has 6 rings (SSSR count). The van der Waals surface area contributed by atoms with Crippen LogP contribution in [-0.4, -0.2) is 50.4 Å². The van der Waals surface area contributed by atoms with Crippen molar-refractivity contribution in [3.63, 3.8) is 0 Å². The van der Waals surface area contributed by atoms with E-state index >= 15 is 0 Å². The molecule has 2 aromatic heterocycles. The molecule has 0 unspecified atom stereocenters. The largest absolute Gasteiger partial charge is 0.457 e. The van der Waals surface area contributed by atoms with Gasteiger partial charge in [0.25, 0.3) is 0 Å². The summed E-state index contributed by atoms with van der Waals surface area (Å²) in [5.41, 5.74) is 2.91. The lowest BCUT2D eigenvalue weighted by Gasteiger charge is -2.33. The molecule has 2 fully saturated rings. The van der Waals surface area contributed by atoms with Gasteiger partial charge in [0.2, 0.25) is 5.91 Å². The van der Waals surface area contributed by atoms with Crippen LogP contribution >= 0.6 is 0 Å². The minimum Gasteiger partial charge on any atom is -0.457 e. The molecule has 2 aromatic carbocycles. The van der Waals surface area contributed by atoms with Crippen LogP contribution in [0, 0.1) is 5.41 Å². The van der Waals surface area contributed by atoms with Gasteiger partial charge >= 0.3 is 6.09 Å². The number of pyridine rings is 1. The highest BCUT2D eigenvalue weighted by molar-refractivity contribution is 5.96. The van der Waals surface area contributed by atoms with Crippen LogP contribution in [0.3, 0.4) is 0 Å². The number of carbonyl (C=O) groups excluding carboxylic acids is 2. The molecule has 1 N–H and O–H groups in total. The lowest BCUT2D eigenvalue weighted by molar-refractivity contribution is -0.120. The van der Waals surface area contributed by atoms with Gasteiger partial charge in [-0.15, -0.1) is 0 Å². The normalized spacial score (nSPS) is 16.7. The molecule has 9 heteroatoms. The molecule has 0 bridgehead atoms. The van der Waals surface area contributed by atoms with Crippen molar-refractivity contribution in [3.05, 3.63) is 67.1 Å². The van der Waals surface area contributed by atoms with Crippen LogP contribution < -0.4 is 10.1 Å². The molecule has 0 atom stereocenters. The predicted molar refractivity (Wildman–Crippen MR) is 162 cm³/mol. The van der Waals surface area contributed by atoms with Gasteiger partial charge in [-0.1, -0.05) is 13.0 Å². The molecule has 1 saturated carbocycles. The Morgan fingerprint density at radius 2 is 1.74 bits per heavy atom. The van der Waals surface area contributed by atoms with Gasteiger partial charge in [-0.25, -0.2) is 4.79 Å². The molecule has 218 valence electrons. The lowest BCUT2D eigenvalue weighted by Crippen LogP contribution is -2.42. The third kappa shape index (κ3) is 6.10. The first-order valence-corrected chi connectivity index (χ1v) is 14.6. The van der Waals surface area contributed by atoms with Crippen molar-refractivity contribution in [2.75, 3.05) is 18.4 Å². The van der Waals surface area contributed by atoms with E-state index in [1.807, 2.05) is 81.0 Å². The number of hydrogen-bond donors (Lipinski definition) is 1. The number of aromatic nitrogens is 3. The number of nitrogens with one attached hydrogen (secondary N) is 1. The summed E-state index contributed by atoms with van der Waals surface area (Å²) in [5, 5.41) is 8.55. The predicted octanol–water partition coefficient (Wildman–Crippen LogP) is 7.20. The first-order chi connectivity index (χ1) is 20.1. The molecular weight excluding hydrogens is 530 g/mol. The van der Waals surface area contributed by atoms with Crippen molar-refractivity contribution in [3.8, 4) is 22.6 Å². The van der Waals surface area contributed by atoms with Gasteiger partial charge in [0.15, 0.2) is 0 Å². The summed E-state index contributed by atoms with van der Waals surface area (Å²) >= 11 is 0. The molecule has 1 aliphatic heterocycles. The highest BCUT2D eigenvalue weighted by Crippen LogP contribution is 2.45. The van der Waals surface area contributed by atoms with Crippen molar-refractivity contribution in [2.45, 2.75) is 65.0 Å². The van der Waals surface area contributed by atoms with Gasteiger partial charge in [-0.2, -0.15) is 5.10 Å². The highest BCUT2D eigenvalue weighted by atomic mass is 16.6. The van der Waals surface area contributed by atoms with E-state index in [2.05, 4.69) is 27.7 Å². The zero-order valence-corrected chi connectivity index (χ0v) is 24.6. The van der Waals surface area contributed by atoms with Crippen molar-refractivity contribution >= 4 is 28.6 Å². The van der Waals surface area contributed by atoms with Gasteiger partial charge in [-0.3, -0.25) is 14.5 Å². The minimum atomic E-state index is -0.494. The van der Waals surface area contributed by atoms with Gasteiger partial charge in [-0.05, 0) is 94.5 Å². The average molecular weight is 568 g/mol. The number of anilines is 1. The number of piperidine rings is 1. The average Bonchev–Trinajstić information content (AvgIpc) is 3.53. The van der Waals surface area contributed by atoms with E-state index in [1.54, 1.807) is 11.1 Å². The number of hydrogen-bond acceptors (Lipinski definition) is 6. The molecule has 0 spiro atoms. The smallest absolute Gasteiger partial charge is 0.410 e. The van der Waals surface area contributed by atoms with E-state index in [1.165, 1.54) is 0 Å². The van der Waals surface area contributed by atoms with Crippen molar-refractivity contribution in [1.29, 1.82) is 0 Å². The summed E-state index contributed by atoms with van der Waals surface area (Å²) in [6, 6.07) is 15.6. The maximum atomic E-state index is 12.4. The molecule has 2 aliphatic rings. The third-order valence-corrected chi connectivity index (χ3v) is 8.02. The van der Waals surface area contributed by atoms with E-state index in [0.29, 0.717) is 24.6 Å². The quantitative estimate of drug-likeness (QED) is 0.265. The summed E-state index contributed by atoms with van der Waals surface area (Å²) in [7, 11) is 0. The Morgan fingerprint density at radius 3 is 2.43 bits per heavy atom. The Labute approximate surface area is 245 Å². The molecule has 1 saturated heterocycles. The van der Waals surface area contributed by atoms with Crippen LogP contribution in [0.15, 0.2) is 67.1 Å². The van der Waals surface area contributed by atoms with E-state index in [9.17, 15) is 9.59 Å². The molecule has 2 amide bonds. The Hall–Kier alpha value is -4.40. The Bertz CT molecular complexity index is 1610. The highest BCUT2D eigenvalue weighted by Gasteiger charge is 2.44. The molecule has 4 aromatic rings. The zero-order chi connectivity index (χ0) is 29.5. The zero-order valence-electron chi connectivity index (χ0n) is 24.6. The second-order valence-electron chi connectivity index (χ2n) is 12.6. The number of nitrogens with zero attached hydrogens (tertiary/aromatic N) is 4. The molecular formula is C33H37N5O4. The van der Waals surface area contributed by atoms with Crippen molar-refractivity contribution < 1.29 is 19.1 Å². The summed E-state index contributed by atoms with van der Waals surface area (Å²) < 4.78 is 13.7.